The molecule has 8 nitrogen and oxygen atoms in total. The van der Waals surface area contributed by atoms with Crippen LogP contribution >= 0.6 is 11.8 Å². The van der Waals surface area contributed by atoms with E-state index in [2.05, 4.69) is 9.47 Å². The van der Waals surface area contributed by atoms with Crippen LogP contribution in [0.15, 0.2) is 11.5 Å². The van der Waals surface area contributed by atoms with E-state index < -0.39 is 36.1 Å². The second-order valence-electron chi connectivity index (χ2n) is 4.11. The molecule has 116 valence electrons. The Kier molecular flexibility index (Phi) is 6.38. The van der Waals surface area contributed by atoms with Gasteiger partial charge in [0.1, 0.15) is 6.61 Å². The number of amides is 1. The maximum atomic E-state index is 11.5. The first kappa shape index (κ1) is 17.2. The Morgan fingerprint density at radius 2 is 2.19 bits per heavy atom. The summed E-state index contributed by atoms with van der Waals surface area (Å²) in [6.07, 6.45) is -0.492. The van der Waals surface area contributed by atoms with E-state index in [1.807, 2.05) is 0 Å². The summed E-state index contributed by atoms with van der Waals surface area (Å²) in [6, 6.07) is 0. The Morgan fingerprint density at radius 1 is 1.52 bits per heavy atom. The lowest BCUT2D eigenvalue weighted by Gasteiger charge is -2.41. The minimum atomic E-state index is -1.77. The van der Waals surface area contributed by atoms with E-state index in [0.717, 1.165) is 22.7 Å². The number of thioether (sulfide) groups is 1. The Balaban J connectivity index is 2.53. The zero-order chi connectivity index (χ0) is 16.0. The molecular weight excluding hydrogens is 302 g/mol. The number of carbonyl (C=O) groups is 4. The lowest BCUT2D eigenvalue weighted by Crippen LogP contribution is -2.58. The van der Waals surface area contributed by atoms with Crippen LogP contribution in [0.5, 0.6) is 0 Å². The highest BCUT2D eigenvalue weighted by atomic mass is 32.2. The third kappa shape index (κ3) is 4.87. The number of hydrogen-bond donors (Lipinski definition) is 1. The van der Waals surface area contributed by atoms with Crippen LogP contribution in [0.25, 0.3) is 0 Å². The van der Waals surface area contributed by atoms with Crippen molar-refractivity contribution in [2.24, 2.45) is 0 Å². The fourth-order valence-corrected chi connectivity index (χ4v) is 2.40. The molecule has 0 aromatic heterocycles. The lowest BCUT2D eigenvalue weighted by molar-refractivity contribution is -0.179. The molecule has 0 aromatic carbocycles. The number of nitrogens with zero attached hydrogens (tertiary/aromatic N) is 1. The summed E-state index contributed by atoms with van der Waals surface area (Å²) in [5.41, 5.74) is 0. The molecule has 1 saturated heterocycles. The van der Waals surface area contributed by atoms with Crippen LogP contribution < -0.4 is 0 Å². The van der Waals surface area contributed by atoms with Gasteiger partial charge in [0.2, 0.25) is 12.1 Å². The fraction of sp³-hybridized carbons (Fsp3) is 0.500. The van der Waals surface area contributed by atoms with Gasteiger partial charge in [-0.25, -0.2) is 9.59 Å². The molecule has 0 aliphatic carbocycles. The van der Waals surface area contributed by atoms with Crippen LogP contribution in [0.4, 0.5) is 0 Å². The van der Waals surface area contributed by atoms with Gasteiger partial charge in [-0.2, -0.15) is 0 Å². The molecule has 0 bridgehead atoms. The third-order valence-electron chi connectivity index (χ3n) is 2.48. The Bertz CT molecular complexity index is 476. The number of ketones is 1. The minimum absolute atomic E-state index is 0.118. The maximum Gasteiger partial charge on any atom is 0.357 e. The number of esters is 2. The molecule has 1 heterocycles. The van der Waals surface area contributed by atoms with Crippen molar-refractivity contribution >= 4 is 35.4 Å². The van der Waals surface area contributed by atoms with Gasteiger partial charge in [0.15, 0.2) is 5.78 Å². The number of rotatable bonds is 7. The van der Waals surface area contributed by atoms with Gasteiger partial charge in [0.05, 0.1) is 18.9 Å². The minimum Gasteiger partial charge on any atom is -0.466 e. The predicted molar refractivity (Wildman–Crippen MR) is 71.6 cm³/mol. The highest BCUT2D eigenvalue weighted by Gasteiger charge is 2.43. The van der Waals surface area contributed by atoms with Crippen LogP contribution in [0.2, 0.25) is 0 Å². The van der Waals surface area contributed by atoms with Crippen molar-refractivity contribution in [3.05, 3.63) is 11.5 Å². The SMILES string of the molecule is COC(=O)/C=C\SC1CC(=O)N1C(O)C(=O)OCC(C)=O. The van der Waals surface area contributed by atoms with E-state index in [1.54, 1.807) is 0 Å². The third-order valence-corrected chi connectivity index (χ3v) is 3.48. The smallest absolute Gasteiger partial charge is 0.357 e. The number of aliphatic hydroxyl groups is 1. The van der Waals surface area contributed by atoms with Gasteiger partial charge in [-0.3, -0.25) is 14.5 Å². The summed E-state index contributed by atoms with van der Waals surface area (Å²) in [5, 5.41) is 10.7. The van der Waals surface area contributed by atoms with Crippen LogP contribution in [-0.4, -0.2) is 59.0 Å². The molecule has 0 spiro atoms. The Labute approximate surface area is 125 Å². The predicted octanol–water partition coefficient (Wildman–Crippen LogP) is -0.585. The van der Waals surface area contributed by atoms with Crippen molar-refractivity contribution < 1.29 is 33.8 Å². The molecule has 1 N–H and O–H groups in total. The quantitative estimate of drug-likeness (QED) is 0.377. The van der Waals surface area contributed by atoms with Crippen molar-refractivity contribution in [3.8, 4) is 0 Å². The van der Waals surface area contributed by atoms with E-state index in [9.17, 15) is 24.3 Å². The molecule has 0 saturated carbocycles. The molecule has 0 radical (unpaired) electrons. The lowest BCUT2D eigenvalue weighted by atomic mass is 10.2. The van der Waals surface area contributed by atoms with Crippen molar-refractivity contribution in [2.75, 3.05) is 13.7 Å². The monoisotopic (exact) mass is 317 g/mol. The summed E-state index contributed by atoms with van der Waals surface area (Å²) in [5.74, 6) is -2.43. The first-order valence-corrected chi connectivity index (χ1v) is 6.86. The van der Waals surface area contributed by atoms with E-state index >= 15 is 0 Å². The Morgan fingerprint density at radius 3 is 2.71 bits per heavy atom. The number of aliphatic hydroxyl groups excluding tert-OH is 1. The number of likely N-dealkylation sites (tertiary alicyclic amines) is 1. The number of β-lactam (4-membered cyclic amide) rings is 1. The van der Waals surface area contributed by atoms with Crippen molar-refractivity contribution in [3.63, 3.8) is 0 Å². The molecular formula is C12H15NO7S. The fourth-order valence-electron chi connectivity index (χ4n) is 1.42. The number of carbonyl (C=O) groups excluding carboxylic acids is 4. The van der Waals surface area contributed by atoms with Crippen LogP contribution in [0.3, 0.4) is 0 Å². The molecule has 0 aromatic rings. The Hall–Kier alpha value is -1.87. The van der Waals surface area contributed by atoms with Crippen molar-refractivity contribution in [1.82, 2.24) is 4.90 Å². The first-order valence-electron chi connectivity index (χ1n) is 5.92. The largest absolute Gasteiger partial charge is 0.466 e. The van der Waals surface area contributed by atoms with Gasteiger partial charge in [-0.15, -0.1) is 11.8 Å². The molecule has 9 heteroatoms. The van der Waals surface area contributed by atoms with Gasteiger partial charge in [0.25, 0.3) is 0 Å². The molecule has 1 aliphatic heterocycles. The van der Waals surface area contributed by atoms with Gasteiger partial charge in [0, 0.05) is 6.08 Å². The van der Waals surface area contributed by atoms with Crippen LogP contribution in [-0.2, 0) is 28.7 Å². The zero-order valence-corrected chi connectivity index (χ0v) is 12.3. The summed E-state index contributed by atoms with van der Waals surface area (Å²) in [6.45, 7) is 0.767. The molecule has 2 unspecified atom stereocenters. The number of hydrogen-bond acceptors (Lipinski definition) is 8. The van der Waals surface area contributed by atoms with Crippen molar-refractivity contribution in [1.29, 1.82) is 0 Å². The van der Waals surface area contributed by atoms with Gasteiger partial charge >= 0.3 is 11.9 Å². The summed E-state index contributed by atoms with van der Waals surface area (Å²) < 4.78 is 8.94. The van der Waals surface area contributed by atoms with Gasteiger partial charge in [-0.05, 0) is 12.3 Å². The second-order valence-corrected chi connectivity index (χ2v) is 5.19. The highest BCUT2D eigenvalue weighted by Crippen LogP contribution is 2.31. The average Bonchev–Trinajstić information content (AvgIpc) is 2.42. The van der Waals surface area contributed by atoms with Crippen LogP contribution in [0, 0.1) is 0 Å². The standard InChI is InChI=1S/C12H15NO7S/c1-7(14)6-20-12(18)11(17)13-8(15)5-9(13)21-4-3-10(16)19-2/h3-4,9,11,17H,5-6H2,1-2H3/b4-3-. The highest BCUT2D eigenvalue weighted by molar-refractivity contribution is 8.02. The van der Waals surface area contributed by atoms with E-state index in [4.69, 9.17) is 0 Å². The topological polar surface area (TPSA) is 110 Å². The normalized spacial score (nSPS) is 19.1. The molecule has 1 amide bonds. The van der Waals surface area contributed by atoms with Crippen molar-refractivity contribution in [2.45, 2.75) is 24.9 Å². The average molecular weight is 317 g/mol. The van der Waals surface area contributed by atoms with E-state index in [1.165, 1.54) is 19.4 Å². The molecule has 2 atom stereocenters. The number of Topliss-reactive ketones (excluding diaryl/α,β-unsaturated/α-hetero) is 1. The number of ether oxygens (including phenoxy) is 2. The second kappa shape index (κ2) is 7.79. The summed E-state index contributed by atoms with van der Waals surface area (Å²) in [7, 11) is 1.23. The number of methoxy groups -OCH3 is 1. The van der Waals surface area contributed by atoms with Crippen LogP contribution in [0.1, 0.15) is 13.3 Å². The molecule has 1 fully saturated rings. The first-order chi connectivity index (χ1) is 9.86. The molecule has 21 heavy (non-hydrogen) atoms. The van der Waals surface area contributed by atoms with E-state index in [-0.39, 0.29) is 12.2 Å². The summed E-state index contributed by atoms with van der Waals surface area (Å²) >= 11 is 1.08. The maximum absolute atomic E-state index is 11.5. The zero-order valence-electron chi connectivity index (χ0n) is 11.5. The van der Waals surface area contributed by atoms with Gasteiger partial charge in [-0.1, -0.05) is 0 Å². The summed E-state index contributed by atoms with van der Waals surface area (Å²) in [4.78, 5) is 45.4. The molecule has 1 aliphatic rings. The van der Waals surface area contributed by atoms with E-state index in [0.29, 0.717) is 0 Å². The van der Waals surface area contributed by atoms with Gasteiger partial charge < -0.3 is 14.6 Å². The molecule has 1 rings (SSSR count).